The van der Waals surface area contributed by atoms with Crippen molar-refractivity contribution in [2.45, 2.75) is 40.5 Å². The number of nitrogens with zero attached hydrogens (tertiary/aromatic N) is 1. The van der Waals surface area contributed by atoms with Crippen molar-refractivity contribution in [1.82, 2.24) is 4.67 Å². The molecule has 0 aromatic rings. The third kappa shape index (κ3) is 11.9. The molecule has 0 saturated carbocycles. The van der Waals surface area contributed by atoms with Crippen molar-refractivity contribution >= 4 is 20.5 Å². The Labute approximate surface area is 134 Å². The summed E-state index contributed by atoms with van der Waals surface area (Å²) in [5.74, 6) is -0.569. The Hall–Kier alpha value is -0.750. The van der Waals surface area contributed by atoms with Gasteiger partial charge in [-0.2, -0.15) is 0 Å². The lowest BCUT2D eigenvalue weighted by molar-refractivity contribution is -0.142. The summed E-state index contributed by atoms with van der Waals surface area (Å²) in [6, 6.07) is 0. The molecular formula is C14H28NO6P. The second kappa shape index (κ2) is 13.9. The molecule has 0 N–H and O–H groups in total. The van der Waals surface area contributed by atoms with Crippen LogP contribution in [0.15, 0.2) is 0 Å². The Morgan fingerprint density at radius 1 is 0.818 bits per heavy atom. The minimum Gasteiger partial charge on any atom is -0.466 e. The second-order valence-corrected chi connectivity index (χ2v) is 5.99. The van der Waals surface area contributed by atoms with Gasteiger partial charge in [-0.3, -0.25) is 9.59 Å². The van der Waals surface area contributed by atoms with Crippen LogP contribution >= 0.6 is 8.53 Å². The van der Waals surface area contributed by atoms with Gasteiger partial charge in [0.05, 0.1) is 26.4 Å². The molecule has 0 saturated heterocycles. The molecule has 0 heterocycles. The topological polar surface area (TPSA) is 74.3 Å². The molecule has 22 heavy (non-hydrogen) atoms. The summed E-state index contributed by atoms with van der Waals surface area (Å²) in [5.41, 5.74) is 0. The van der Waals surface area contributed by atoms with Gasteiger partial charge in [-0.05, 0) is 0 Å². The van der Waals surface area contributed by atoms with Crippen LogP contribution in [-0.4, -0.2) is 56.1 Å². The van der Waals surface area contributed by atoms with Crippen LogP contribution in [0.1, 0.15) is 40.5 Å². The molecule has 0 rings (SSSR count). The molecule has 7 nitrogen and oxygen atoms in total. The predicted octanol–water partition coefficient (Wildman–Crippen LogP) is 2.49. The van der Waals surface area contributed by atoms with Crippen molar-refractivity contribution in [1.29, 1.82) is 0 Å². The molecule has 0 amide bonds. The van der Waals surface area contributed by atoms with E-state index < -0.39 is 8.53 Å². The van der Waals surface area contributed by atoms with E-state index in [2.05, 4.69) is 4.67 Å². The van der Waals surface area contributed by atoms with Crippen LogP contribution in [0, 0.1) is 0 Å². The van der Waals surface area contributed by atoms with Gasteiger partial charge in [0.1, 0.15) is 0 Å². The summed E-state index contributed by atoms with van der Waals surface area (Å²) in [4.78, 5) is 21.3. The normalized spacial score (nSPS) is 11.0. The number of esters is 2. The molecule has 8 heteroatoms. The molecule has 0 aromatic heterocycles. The molecule has 0 atom stereocenters. The largest absolute Gasteiger partial charge is 0.466 e. The molecule has 0 aliphatic carbocycles. The van der Waals surface area contributed by atoms with Crippen LogP contribution < -0.4 is 0 Å². The summed E-state index contributed by atoms with van der Waals surface area (Å²) >= 11 is 0. The van der Waals surface area contributed by atoms with Gasteiger partial charge in [-0.1, -0.05) is 13.8 Å². The third-order valence-corrected chi connectivity index (χ3v) is 4.39. The zero-order valence-corrected chi connectivity index (χ0v) is 14.9. The number of carbonyl (C=O) groups is 2. The first-order valence-corrected chi connectivity index (χ1v) is 8.71. The van der Waals surface area contributed by atoms with E-state index >= 15 is 0 Å². The van der Waals surface area contributed by atoms with E-state index in [0.717, 1.165) is 13.1 Å². The van der Waals surface area contributed by atoms with Crippen molar-refractivity contribution in [3.63, 3.8) is 0 Å². The van der Waals surface area contributed by atoms with Crippen molar-refractivity contribution in [3.05, 3.63) is 0 Å². The summed E-state index contributed by atoms with van der Waals surface area (Å²) in [6.45, 7) is 10.2. The van der Waals surface area contributed by atoms with E-state index in [9.17, 15) is 9.59 Å². The minimum absolute atomic E-state index is 0.285. The van der Waals surface area contributed by atoms with Crippen LogP contribution in [0.5, 0.6) is 0 Å². The molecule has 0 bridgehead atoms. The highest BCUT2D eigenvalue weighted by molar-refractivity contribution is 7.44. The summed E-state index contributed by atoms with van der Waals surface area (Å²) in [7, 11) is -1.14. The third-order valence-electron chi connectivity index (χ3n) is 2.55. The SMILES string of the molecule is CCN(CC)P(OCCCOC(C)=O)OCCCOC(C)=O. The zero-order valence-electron chi connectivity index (χ0n) is 14.0. The highest BCUT2D eigenvalue weighted by Gasteiger charge is 2.18. The monoisotopic (exact) mass is 337 g/mol. The van der Waals surface area contributed by atoms with Crippen LogP contribution in [0.25, 0.3) is 0 Å². The first kappa shape index (κ1) is 21.2. The van der Waals surface area contributed by atoms with E-state index in [1.54, 1.807) is 0 Å². The highest BCUT2D eigenvalue weighted by Crippen LogP contribution is 2.42. The van der Waals surface area contributed by atoms with Crippen LogP contribution in [0.2, 0.25) is 0 Å². The smallest absolute Gasteiger partial charge is 0.302 e. The molecule has 0 unspecified atom stereocenters. The first-order valence-electron chi connectivity index (χ1n) is 7.58. The van der Waals surface area contributed by atoms with Crippen molar-refractivity contribution in [2.75, 3.05) is 39.5 Å². The number of rotatable bonds is 13. The van der Waals surface area contributed by atoms with Gasteiger partial charge in [0.25, 0.3) is 8.53 Å². The van der Waals surface area contributed by atoms with E-state index in [1.807, 2.05) is 13.8 Å². The fourth-order valence-electron chi connectivity index (χ4n) is 1.49. The van der Waals surface area contributed by atoms with E-state index in [0.29, 0.717) is 39.3 Å². The Balaban J connectivity index is 3.99. The highest BCUT2D eigenvalue weighted by atomic mass is 31.2. The number of ether oxygens (including phenoxy) is 2. The Morgan fingerprint density at radius 2 is 1.23 bits per heavy atom. The lowest BCUT2D eigenvalue weighted by atomic mass is 10.5. The summed E-state index contributed by atoms with van der Waals surface area (Å²) < 4.78 is 23.3. The van der Waals surface area contributed by atoms with Gasteiger partial charge in [0.2, 0.25) is 0 Å². The second-order valence-electron chi connectivity index (χ2n) is 4.43. The molecule has 0 aromatic carbocycles. The molecular weight excluding hydrogens is 309 g/mol. The van der Waals surface area contributed by atoms with Gasteiger partial charge in [-0.25, -0.2) is 4.67 Å². The maximum Gasteiger partial charge on any atom is 0.302 e. The molecule has 0 radical (unpaired) electrons. The van der Waals surface area contributed by atoms with Crippen molar-refractivity contribution < 1.29 is 28.1 Å². The molecule has 130 valence electrons. The first-order chi connectivity index (χ1) is 10.5. The number of hydrogen-bond acceptors (Lipinski definition) is 7. The summed E-state index contributed by atoms with van der Waals surface area (Å²) in [5, 5.41) is 0. The molecule has 0 aliphatic heterocycles. The van der Waals surface area contributed by atoms with Gasteiger partial charge in [0, 0.05) is 39.8 Å². The average molecular weight is 337 g/mol. The predicted molar refractivity (Wildman–Crippen MR) is 84.2 cm³/mol. The maximum absolute atomic E-state index is 10.7. The van der Waals surface area contributed by atoms with Crippen molar-refractivity contribution in [2.24, 2.45) is 0 Å². The van der Waals surface area contributed by atoms with Gasteiger partial charge >= 0.3 is 11.9 Å². The molecule has 0 fully saturated rings. The maximum atomic E-state index is 10.7. The van der Waals surface area contributed by atoms with Crippen LogP contribution in [-0.2, 0) is 28.1 Å². The van der Waals surface area contributed by atoms with Crippen LogP contribution in [0.4, 0.5) is 0 Å². The van der Waals surface area contributed by atoms with E-state index in [-0.39, 0.29) is 11.9 Å². The average Bonchev–Trinajstić information content (AvgIpc) is 2.46. The quantitative estimate of drug-likeness (QED) is 0.290. The van der Waals surface area contributed by atoms with E-state index in [1.165, 1.54) is 13.8 Å². The van der Waals surface area contributed by atoms with E-state index in [4.69, 9.17) is 18.5 Å². The number of carbonyl (C=O) groups excluding carboxylic acids is 2. The van der Waals surface area contributed by atoms with Crippen molar-refractivity contribution in [3.8, 4) is 0 Å². The minimum atomic E-state index is -1.14. The Bertz CT molecular complexity index is 288. The van der Waals surface area contributed by atoms with Gasteiger partial charge in [-0.15, -0.1) is 0 Å². The standard InChI is InChI=1S/C14H28NO6P/c1-5-15(6-2)22(20-11-7-9-18-13(3)16)21-12-8-10-19-14(4)17/h5-12H2,1-4H3. The Kier molecular flexibility index (Phi) is 13.4. The van der Waals surface area contributed by atoms with Gasteiger partial charge < -0.3 is 18.5 Å². The van der Waals surface area contributed by atoms with Crippen LogP contribution in [0.3, 0.4) is 0 Å². The number of hydrogen-bond donors (Lipinski definition) is 0. The fraction of sp³-hybridized carbons (Fsp3) is 0.857. The summed E-state index contributed by atoms with van der Waals surface area (Å²) in [6.07, 6.45) is 1.27. The lowest BCUT2D eigenvalue weighted by Gasteiger charge is -2.27. The zero-order chi connectivity index (χ0) is 16.8. The molecule has 0 spiro atoms. The Morgan fingerprint density at radius 3 is 1.55 bits per heavy atom. The lowest BCUT2D eigenvalue weighted by Crippen LogP contribution is -2.20. The van der Waals surface area contributed by atoms with Gasteiger partial charge in [0.15, 0.2) is 0 Å². The fourth-order valence-corrected chi connectivity index (χ4v) is 2.92. The molecule has 0 aliphatic rings.